The van der Waals surface area contributed by atoms with Gasteiger partial charge in [-0.2, -0.15) is 10.5 Å². The molecule has 1 N–H and O–H groups in total. The highest BCUT2D eigenvalue weighted by atomic mass is 32.2. The van der Waals surface area contributed by atoms with Crippen molar-refractivity contribution in [2.75, 3.05) is 59.1 Å². The smallest absolute Gasteiger partial charge is 0.186 e. The van der Waals surface area contributed by atoms with Crippen LogP contribution >= 0.6 is 35.3 Å². The highest BCUT2D eigenvalue weighted by molar-refractivity contribution is 8.13. The minimum absolute atomic E-state index is 0.0217. The number of thioether (sulfide) groups is 3. The van der Waals surface area contributed by atoms with E-state index in [0.29, 0.717) is 30.9 Å². The monoisotopic (exact) mass is 1050 g/mol. The van der Waals surface area contributed by atoms with Gasteiger partial charge in [0.25, 0.3) is 0 Å². The molecule has 384 valence electrons. The molecule has 75 heavy (non-hydrogen) atoms. The van der Waals surface area contributed by atoms with E-state index in [1.165, 1.54) is 34.0 Å². The number of nitrogens with zero attached hydrogens (tertiary/aromatic N) is 6. The van der Waals surface area contributed by atoms with Crippen molar-refractivity contribution in [3.8, 4) is 12.1 Å². The van der Waals surface area contributed by atoms with Crippen LogP contribution in [0.4, 0.5) is 0 Å². The summed E-state index contributed by atoms with van der Waals surface area (Å²) in [6.45, 7) is 10.8. The molecular formula is C61H63N7O4S3. The van der Waals surface area contributed by atoms with Crippen molar-refractivity contribution in [1.82, 2.24) is 25.1 Å². The van der Waals surface area contributed by atoms with Crippen LogP contribution in [0.3, 0.4) is 0 Å². The molecule has 3 aliphatic rings. The van der Waals surface area contributed by atoms with E-state index in [4.69, 9.17) is 14.2 Å². The van der Waals surface area contributed by atoms with Gasteiger partial charge in [0.1, 0.15) is 22.2 Å². The molecule has 3 saturated heterocycles. The maximum Gasteiger partial charge on any atom is 0.186 e. The van der Waals surface area contributed by atoms with E-state index in [1.807, 2.05) is 60.7 Å². The summed E-state index contributed by atoms with van der Waals surface area (Å²) in [6.07, 6.45) is 3.58. The zero-order chi connectivity index (χ0) is 51.9. The van der Waals surface area contributed by atoms with Gasteiger partial charge in [-0.3, -0.25) is 14.6 Å². The molecule has 6 atom stereocenters. The zero-order valence-electron chi connectivity index (χ0n) is 42.2. The van der Waals surface area contributed by atoms with E-state index in [1.54, 1.807) is 61.0 Å². The first-order valence-electron chi connectivity index (χ1n) is 25.4. The van der Waals surface area contributed by atoms with E-state index >= 15 is 0 Å². The van der Waals surface area contributed by atoms with Gasteiger partial charge in [0, 0.05) is 71.7 Å². The van der Waals surface area contributed by atoms with Gasteiger partial charge in [-0.25, -0.2) is 9.97 Å². The molecule has 7 aromatic rings. The largest absolute Gasteiger partial charge is 0.374 e. The number of morpholine rings is 3. The Morgan fingerprint density at radius 1 is 0.560 bits per heavy atom. The van der Waals surface area contributed by atoms with Crippen LogP contribution in [0.2, 0.25) is 0 Å². The lowest BCUT2D eigenvalue weighted by molar-refractivity contribution is -0.109. The van der Waals surface area contributed by atoms with E-state index in [2.05, 4.69) is 134 Å². The fourth-order valence-electron chi connectivity index (χ4n) is 9.14. The van der Waals surface area contributed by atoms with Crippen molar-refractivity contribution in [1.29, 1.82) is 10.5 Å². The Balaban J connectivity index is 0.000000151. The second-order valence-corrected chi connectivity index (χ2v) is 21.7. The Kier molecular flexibility index (Phi) is 21.9. The van der Waals surface area contributed by atoms with E-state index in [9.17, 15) is 15.3 Å². The molecular weight excluding hydrogens is 991 g/mol. The number of nitriles is 2. The minimum Gasteiger partial charge on any atom is -0.374 e. The number of hydrogen-bond donors (Lipinski definition) is 1. The summed E-state index contributed by atoms with van der Waals surface area (Å²) in [7, 11) is 0. The van der Waals surface area contributed by atoms with Crippen LogP contribution in [-0.4, -0.2) is 102 Å². The number of benzene rings is 5. The Morgan fingerprint density at radius 2 is 0.960 bits per heavy atom. The van der Waals surface area contributed by atoms with Gasteiger partial charge in [0.2, 0.25) is 0 Å². The average Bonchev–Trinajstić information content (AvgIpc) is 3.47. The van der Waals surface area contributed by atoms with Crippen molar-refractivity contribution in [3.05, 3.63) is 227 Å². The fraction of sp³-hybridized carbons (Fsp3) is 0.295. The van der Waals surface area contributed by atoms with Gasteiger partial charge in [0.05, 0.1) is 65.0 Å². The summed E-state index contributed by atoms with van der Waals surface area (Å²) >= 11 is 4.60. The van der Waals surface area contributed by atoms with E-state index in [0.717, 1.165) is 68.0 Å². The lowest BCUT2D eigenvalue weighted by Crippen LogP contribution is -2.44. The van der Waals surface area contributed by atoms with Crippen LogP contribution in [-0.2, 0) is 32.1 Å². The molecule has 0 amide bonds. The third-order valence-corrected chi connectivity index (χ3v) is 16.7. The van der Waals surface area contributed by atoms with Crippen molar-refractivity contribution in [2.24, 2.45) is 0 Å². The first-order chi connectivity index (χ1) is 36.9. The van der Waals surface area contributed by atoms with Crippen molar-refractivity contribution >= 4 is 40.4 Å². The molecule has 3 aliphatic heterocycles. The van der Waals surface area contributed by atoms with E-state index < -0.39 is 0 Å². The van der Waals surface area contributed by atoms with E-state index in [-0.39, 0.29) is 39.2 Å². The molecule has 0 aliphatic carbocycles. The lowest BCUT2D eigenvalue weighted by atomic mass is 10.1. The van der Waals surface area contributed by atoms with Gasteiger partial charge in [-0.15, -0.1) is 0 Å². The second kappa shape index (κ2) is 29.8. The molecule has 3 fully saturated rings. The van der Waals surface area contributed by atoms with Gasteiger partial charge in [-0.05, 0) is 52.1 Å². The molecule has 0 unspecified atom stereocenters. The topological polar surface area (TPSA) is 137 Å². The molecule has 11 nitrogen and oxygen atoms in total. The standard InChI is InChI=1S/C24H23N3OS.C20H23NO2S.C17H17N3OS/c25-16-21-12-7-13-26-24(21)29-23(20-10-5-2-6-11-20)22-18-27(14-15-28-22)17-19-8-3-1-4-9-19;1-16(22)24-20(18-10-6-3-7-11-18)19-15-21(12-13-23-19)14-17-8-4-2-5-9-17;18-11-14-7-4-8-20-17(14)22-16(13-5-2-1-3-6-13)15-12-19-9-10-21-15/h1-13,22-23H,14-15,17-18H2;2-11,19-20H,12-15H2,1H3;1-8,15-16,19H,9-10,12H2/t22-,23-;19-,20-;15-,16-/m000/s1. The summed E-state index contributed by atoms with van der Waals surface area (Å²) < 4.78 is 18.2. The molecule has 5 heterocycles. The van der Waals surface area contributed by atoms with Gasteiger partial charge in [0.15, 0.2) is 5.12 Å². The predicted octanol–water partition coefficient (Wildman–Crippen LogP) is 11.4. The van der Waals surface area contributed by atoms with Crippen LogP contribution in [0, 0.1) is 22.7 Å². The molecule has 10 rings (SSSR count). The van der Waals surface area contributed by atoms with Crippen LogP contribution in [0.1, 0.15) is 61.6 Å². The normalized spacial score (nSPS) is 19.0. The summed E-state index contributed by atoms with van der Waals surface area (Å²) in [4.78, 5) is 25.4. The maximum atomic E-state index is 11.7. The number of ether oxygens (including phenoxy) is 3. The maximum absolute atomic E-state index is 11.7. The van der Waals surface area contributed by atoms with Crippen LogP contribution in [0.15, 0.2) is 198 Å². The quantitative estimate of drug-likeness (QED) is 0.0975. The van der Waals surface area contributed by atoms with Crippen molar-refractivity contribution in [2.45, 2.75) is 64.1 Å². The molecule has 0 radical (unpaired) electrons. The Bertz CT molecular complexity index is 2880. The van der Waals surface area contributed by atoms with Crippen LogP contribution in [0.25, 0.3) is 0 Å². The summed E-state index contributed by atoms with van der Waals surface area (Å²) in [6, 6.07) is 63.6. The SMILES string of the molecule is CC(=O)S[C@@H](c1ccccc1)[C@@H]1CN(Cc2ccccc2)CCO1.N#Cc1cccnc1S[C@@H](c1ccccc1)[C@@H]1CN(Cc2ccccc2)CCO1.N#Cc1cccnc1S[C@@H](c1ccccc1)[C@@H]1CNCCO1. The number of pyridine rings is 2. The fourth-order valence-corrected chi connectivity index (χ4v) is 12.5. The minimum atomic E-state index is 0.0217. The number of rotatable bonds is 15. The first-order valence-corrected chi connectivity index (χ1v) is 28.0. The second-order valence-electron chi connectivity index (χ2n) is 18.1. The molecule has 2 aromatic heterocycles. The highest BCUT2D eigenvalue weighted by Crippen LogP contribution is 2.42. The summed E-state index contributed by atoms with van der Waals surface area (Å²) in [5.74, 6) is 0. The number of hydrogen-bond acceptors (Lipinski definition) is 14. The third kappa shape index (κ3) is 16.9. The Hall–Kier alpha value is -6.14. The molecule has 14 heteroatoms. The Morgan fingerprint density at radius 3 is 1.37 bits per heavy atom. The number of nitrogens with one attached hydrogen (secondary N) is 1. The Labute approximate surface area is 455 Å². The molecule has 0 saturated carbocycles. The molecule has 0 spiro atoms. The first kappa shape index (κ1) is 55.1. The van der Waals surface area contributed by atoms with Crippen molar-refractivity contribution in [3.63, 3.8) is 0 Å². The molecule has 0 bridgehead atoms. The van der Waals surface area contributed by atoms with Crippen LogP contribution < -0.4 is 5.32 Å². The number of carbonyl (C=O) groups is 1. The predicted molar refractivity (Wildman–Crippen MR) is 301 cm³/mol. The summed E-state index contributed by atoms with van der Waals surface area (Å²) in [5, 5.41) is 24.0. The molecule has 5 aromatic carbocycles. The van der Waals surface area contributed by atoms with Gasteiger partial charge >= 0.3 is 0 Å². The van der Waals surface area contributed by atoms with Crippen LogP contribution in [0.5, 0.6) is 0 Å². The average molecular weight is 1050 g/mol. The zero-order valence-corrected chi connectivity index (χ0v) is 44.6. The third-order valence-electron chi connectivity index (χ3n) is 12.8. The summed E-state index contributed by atoms with van der Waals surface area (Å²) in [5.41, 5.74) is 7.38. The number of carbonyl (C=O) groups excluding carboxylic acids is 1. The number of aromatic nitrogens is 2. The van der Waals surface area contributed by atoms with Crippen molar-refractivity contribution < 1.29 is 19.0 Å². The highest BCUT2D eigenvalue weighted by Gasteiger charge is 2.33. The lowest BCUT2D eigenvalue weighted by Gasteiger charge is -2.37. The van der Waals surface area contributed by atoms with Gasteiger partial charge in [-0.1, -0.05) is 187 Å². The van der Waals surface area contributed by atoms with Gasteiger partial charge < -0.3 is 19.5 Å².